The maximum absolute atomic E-state index is 9.52. The van der Waals surface area contributed by atoms with Crippen molar-refractivity contribution >= 4 is 27.3 Å². The van der Waals surface area contributed by atoms with Gasteiger partial charge >= 0.3 is 0 Å². The summed E-state index contributed by atoms with van der Waals surface area (Å²) in [5.74, 6) is 0. The summed E-state index contributed by atoms with van der Waals surface area (Å²) in [4.78, 5) is 1.25. The van der Waals surface area contributed by atoms with Gasteiger partial charge in [0.15, 0.2) is 0 Å². The molecule has 1 aromatic carbocycles. The predicted octanol–water partition coefficient (Wildman–Crippen LogP) is 3.89. The summed E-state index contributed by atoms with van der Waals surface area (Å²) >= 11 is 5.26. The van der Waals surface area contributed by atoms with Crippen LogP contribution in [0.3, 0.4) is 0 Å². The average Bonchev–Trinajstić information content (AvgIpc) is 2.83. The standard InChI is InChI=1S/C14H16BrNOS/c1-10(14-12(15)7-8-18-14)16-13(9-17)11-5-3-2-4-6-11/h2-8,10,13,16-17H,9H2,1H3/t10?,13-/m0/s1. The molecule has 0 spiro atoms. The van der Waals surface area contributed by atoms with Crippen molar-refractivity contribution in [3.05, 3.63) is 56.7 Å². The van der Waals surface area contributed by atoms with Gasteiger partial charge in [-0.2, -0.15) is 0 Å². The molecule has 2 atom stereocenters. The van der Waals surface area contributed by atoms with Crippen molar-refractivity contribution in [1.29, 1.82) is 0 Å². The molecular formula is C14H16BrNOS. The first-order valence-electron chi connectivity index (χ1n) is 5.87. The van der Waals surface area contributed by atoms with Crippen molar-refractivity contribution in [1.82, 2.24) is 5.32 Å². The second-order valence-electron chi connectivity index (χ2n) is 4.17. The Balaban J connectivity index is 2.10. The van der Waals surface area contributed by atoms with E-state index in [9.17, 15) is 5.11 Å². The molecule has 1 unspecified atom stereocenters. The van der Waals surface area contributed by atoms with Crippen LogP contribution >= 0.6 is 27.3 Å². The number of thiophene rings is 1. The van der Waals surface area contributed by atoms with Crippen LogP contribution in [-0.2, 0) is 0 Å². The molecule has 0 bridgehead atoms. The zero-order valence-electron chi connectivity index (χ0n) is 10.1. The molecule has 0 amide bonds. The van der Waals surface area contributed by atoms with Crippen LogP contribution in [0, 0.1) is 0 Å². The molecule has 1 heterocycles. The highest BCUT2D eigenvalue weighted by Crippen LogP contribution is 2.30. The van der Waals surface area contributed by atoms with Gasteiger partial charge in [0.05, 0.1) is 12.6 Å². The van der Waals surface area contributed by atoms with Crippen molar-refractivity contribution < 1.29 is 5.11 Å². The van der Waals surface area contributed by atoms with E-state index in [1.54, 1.807) is 11.3 Å². The first-order chi connectivity index (χ1) is 8.72. The van der Waals surface area contributed by atoms with E-state index in [4.69, 9.17) is 0 Å². The van der Waals surface area contributed by atoms with E-state index in [1.165, 1.54) is 4.88 Å². The van der Waals surface area contributed by atoms with Gasteiger partial charge in [0.25, 0.3) is 0 Å². The first kappa shape index (κ1) is 13.7. The number of aliphatic hydroxyl groups excluding tert-OH is 1. The summed E-state index contributed by atoms with van der Waals surface area (Å²) in [5, 5.41) is 15.0. The molecule has 0 aliphatic heterocycles. The molecule has 1 aromatic heterocycles. The summed E-state index contributed by atoms with van der Waals surface area (Å²) in [6.45, 7) is 2.21. The van der Waals surface area contributed by atoms with Crippen LogP contribution in [0.4, 0.5) is 0 Å². The fraction of sp³-hybridized carbons (Fsp3) is 0.286. The lowest BCUT2D eigenvalue weighted by Gasteiger charge is -2.21. The maximum Gasteiger partial charge on any atom is 0.0626 e. The lowest BCUT2D eigenvalue weighted by atomic mass is 10.1. The fourth-order valence-electron chi connectivity index (χ4n) is 1.93. The molecule has 0 saturated carbocycles. The van der Waals surface area contributed by atoms with Crippen molar-refractivity contribution in [2.45, 2.75) is 19.0 Å². The van der Waals surface area contributed by atoms with E-state index in [2.05, 4.69) is 39.6 Å². The number of hydrogen-bond donors (Lipinski definition) is 2. The second-order valence-corrected chi connectivity index (χ2v) is 5.97. The SMILES string of the molecule is CC(N[C@@H](CO)c1ccccc1)c1sccc1Br. The fourth-order valence-corrected chi connectivity index (χ4v) is 3.67. The van der Waals surface area contributed by atoms with E-state index in [0.29, 0.717) is 0 Å². The van der Waals surface area contributed by atoms with Crippen LogP contribution in [-0.4, -0.2) is 11.7 Å². The van der Waals surface area contributed by atoms with E-state index >= 15 is 0 Å². The molecule has 0 saturated heterocycles. The monoisotopic (exact) mass is 325 g/mol. The number of benzene rings is 1. The lowest BCUT2D eigenvalue weighted by molar-refractivity contribution is 0.236. The minimum Gasteiger partial charge on any atom is -0.394 e. The van der Waals surface area contributed by atoms with Crippen LogP contribution in [0.15, 0.2) is 46.3 Å². The zero-order valence-corrected chi connectivity index (χ0v) is 12.5. The van der Waals surface area contributed by atoms with Crippen molar-refractivity contribution in [2.24, 2.45) is 0 Å². The van der Waals surface area contributed by atoms with E-state index in [-0.39, 0.29) is 18.7 Å². The third kappa shape index (κ3) is 3.20. The van der Waals surface area contributed by atoms with Gasteiger partial charge in [-0.05, 0) is 39.9 Å². The van der Waals surface area contributed by atoms with Gasteiger partial charge in [0.2, 0.25) is 0 Å². The summed E-state index contributed by atoms with van der Waals surface area (Å²) < 4.78 is 1.12. The van der Waals surface area contributed by atoms with Gasteiger partial charge in [-0.15, -0.1) is 11.3 Å². The highest BCUT2D eigenvalue weighted by atomic mass is 79.9. The molecule has 2 nitrogen and oxygen atoms in total. The molecule has 0 radical (unpaired) electrons. The molecule has 0 fully saturated rings. The van der Waals surface area contributed by atoms with E-state index in [1.807, 2.05) is 30.3 Å². The minimum absolute atomic E-state index is 0.0322. The molecule has 2 rings (SSSR count). The Bertz CT molecular complexity index is 486. The highest BCUT2D eigenvalue weighted by Gasteiger charge is 2.16. The van der Waals surface area contributed by atoms with Crippen LogP contribution in [0.5, 0.6) is 0 Å². The highest BCUT2D eigenvalue weighted by molar-refractivity contribution is 9.10. The Morgan fingerprint density at radius 3 is 2.56 bits per heavy atom. The van der Waals surface area contributed by atoms with Crippen LogP contribution in [0.2, 0.25) is 0 Å². The van der Waals surface area contributed by atoms with Gasteiger partial charge < -0.3 is 10.4 Å². The number of rotatable bonds is 5. The van der Waals surface area contributed by atoms with Crippen LogP contribution in [0.1, 0.15) is 29.4 Å². The number of aliphatic hydroxyl groups is 1. The number of hydrogen-bond acceptors (Lipinski definition) is 3. The maximum atomic E-state index is 9.52. The largest absolute Gasteiger partial charge is 0.394 e. The van der Waals surface area contributed by atoms with E-state index < -0.39 is 0 Å². The molecule has 96 valence electrons. The van der Waals surface area contributed by atoms with E-state index in [0.717, 1.165) is 10.0 Å². The number of nitrogens with one attached hydrogen (secondary N) is 1. The summed E-state index contributed by atoms with van der Waals surface area (Å²) in [7, 11) is 0. The Hall–Kier alpha value is -0.680. The predicted molar refractivity (Wildman–Crippen MR) is 79.8 cm³/mol. The van der Waals surface area contributed by atoms with Crippen molar-refractivity contribution in [3.8, 4) is 0 Å². The average molecular weight is 326 g/mol. The first-order valence-corrected chi connectivity index (χ1v) is 7.54. The molecule has 0 aliphatic carbocycles. The van der Waals surface area contributed by atoms with Crippen LogP contribution in [0.25, 0.3) is 0 Å². The van der Waals surface area contributed by atoms with Crippen molar-refractivity contribution in [2.75, 3.05) is 6.61 Å². The Morgan fingerprint density at radius 1 is 1.28 bits per heavy atom. The Labute approximate surface area is 120 Å². The lowest BCUT2D eigenvalue weighted by Crippen LogP contribution is -2.27. The summed E-state index contributed by atoms with van der Waals surface area (Å²) in [6, 6.07) is 12.3. The molecule has 2 N–H and O–H groups in total. The summed E-state index contributed by atoms with van der Waals surface area (Å²) in [5.41, 5.74) is 1.11. The van der Waals surface area contributed by atoms with Gasteiger partial charge in [-0.1, -0.05) is 30.3 Å². The quantitative estimate of drug-likeness (QED) is 0.873. The van der Waals surface area contributed by atoms with Gasteiger partial charge in [0, 0.05) is 15.4 Å². The van der Waals surface area contributed by atoms with Gasteiger partial charge in [-0.3, -0.25) is 0 Å². The topological polar surface area (TPSA) is 32.3 Å². The Kier molecular flexibility index (Phi) is 4.95. The molecule has 2 aromatic rings. The van der Waals surface area contributed by atoms with Gasteiger partial charge in [-0.25, -0.2) is 0 Å². The molecular weight excluding hydrogens is 310 g/mol. The molecule has 4 heteroatoms. The smallest absolute Gasteiger partial charge is 0.0626 e. The minimum atomic E-state index is -0.0322. The van der Waals surface area contributed by atoms with Crippen LogP contribution < -0.4 is 5.32 Å². The van der Waals surface area contributed by atoms with Crippen molar-refractivity contribution in [3.63, 3.8) is 0 Å². The third-order valence-corrected chi connectivity index (χ3v) is 4.93. The third-order valence-electron chi connectivity index (χ3n) is 2.87. The van der Waals surface area contributed by atoms with Gasteiger partial charge in [0.1, 0.15) is 0 Å². The summed E-state index contributed by atoms with van der Waals surface area (Å²) in [6.07, 6.45) is 0. The zero-order chi connectivity index (χ0) is 13.0. The molecule has 18 heavy (non-hydrogen) atoms. The normalized spacial score (nSPS) is 14.4. The number of halogens is 1. The Morgan fingerprint density at radius 2 is 2.00 bits per heavy atom. The molecule has 0 aliphatic rings. The second kappa shape index (κ2) is 6.48.